The van der Waals surface area contributed by atoms with Gasteiger partial charge >= 0.3 is 0 Å². The standard InChI is InChI=1S/C23H25N3O4/c1-26(13-16(27)15-30-18-9-7-17(28-2)8-10-18)14-20-19-5-3-11-24-23(19)25-22(20)21-6-4-12-29-21/h3-12,16,27H,13-15H2,1-2H3,(H,24,25)/t16-/m1/s1. The van der Waals surface area contributed by atoms with E-state index in [9.17, 15) is 5.11 Å². The van der Waals surface area contributed by atoms with Crippen molar-refractivity contribution >= 4 is 11.0 Å². The van der Waals surface area contributed by atoms with Crippen LogP contribution in [0.2, 0.25) is 0 Å². The number of hydrogen-bond donors (Lipinski definition) is 2. The van der Waals surface area contributed by atoms with Crippen LogP contribution in [-0.2, 0) is 6.54 Å². The number of methoxy groups -OCH3 is 1. The Bertz CT molecular complexity index is 1070. The fourth-order valence-electron chi connectivity index (χ4n) is 3.48. The Balaban J connectivity index is 1.41. The van der Waals surface area contributed by atoms with E-state index in [2.05, 4.69) is 14.9 Å². The van der Waals surface area contributed by atoms with E-state index in [1.165, 1.54) is 0 Å². The molecule has 1 atom stereocenters. The molecule has 7 nitrogen and oxygen atoms in total. The molecule has 2 N–H and O–H groups in total. The largest absolute Gasteiger partial charge is 0.497 e. The summed E-state index contributed by atoms with van der Waals surface area (Å²) in [5.41, 5.74) is 2.80. The van der Waals surface area contributed by atoms with Crippen molar-refractivity contribution < 1.29 is 19.0 Å². The highest BCUT2D eigenvalue weighted by atomic mass is 16.5. The van der Waals surface area contributed by atoms with Crippen molar-refractivity contribution in [2.75, 3.05) is 27.3 Å². The topological polar surface area (TPSA) is 83.8 Å². The summed E-state index contributed by atoms with van der Waals surface area (Å²) in [5, 5.41) is 11.5. The van der Waals surface area contributed by atoms with Gasteiger partial charge in [-0.05, 0) is 55.6 Å². The number of pyridine rings is 1. The second-order valence-corrected chi connectivity index (χ2v) is 7.19. The molecule has 0 aliphatic heterocycles. The molecule has 3 heterocycles. The predicted octanol–water partition coefficient (Wildman–Crippen LogP) is 3.70. The van der Waals surface area contributed by atoms with Crippen molar-refractivity contribution in [3.63, 3.8) is 0 Å². The van der Waals surface area contributed by atoms with Crippen LogP contribution in [0.4, 0.5) is 0 Å². The molecule has 0 aliphatic rings. The number of furan rings is 1. The highest BCUT2D eigenvalue weighted by molar-refractivity contribution is 5.87. The van der Waals surface area contributed by atoms with Crippen molar-refractivity contribution in [2.45, 2.75) is 12.6 Å². The van der Waals surface area contributed by atoms with Gasteiger partial charge in [0.2, 0.25) is 0 Å². The number of likely N-dealkylation sites (N-methyl/N-ethyl adjacent to an activating group) is 1. The van der Waals surface area contributed by atoms with E-state index in [4.69, 9.17) is 13.9 Å². The Morgan fingerprint density at radius 3 is 2.67 bits per heavy atom. The van der Waals surface area contributed by atoms with Gasteiger partial charge in [0.1, 0.15) is 35.6 Å². The molecule has 156 valence electrons. The van der Waals surface area contributed by atoms with Crippen LogP contribution < -0.4 is 9.47 Å². The van der Waals surface area contributed by atoms with E-state index in [1.54, 1.807) is 19.6 Å². The average Bonchev–Trinajstić information content (AvgIpc) is 3.41. The lowest BCUT2D eigenvalue weighted by atomic mass is 10.1. The molecule has 3 aromatic heterocycles. The van der Waals surface area contributed by atoms with Gasteiger partial charge in [-0.1, -0.05) is 0 Å². The quantitative estimate of drug-likeness (QED) is 0.440. The lowest BCUT2D eigenvalue weighted by Gasteiger charge is -2.21. The molecule has 30 heavy (non-hydrogen) atoms. The fraction of sp³-hybridized carbons (Fsp3) is 0.261. The molecule has 4 aromatic rings. The van der Waals surface area contributed by atoms with Gasteiger partial charge in [-0.25, -0.2) is 4.98 Å². The molecular formula is C23H25N3O4. The fourth-order valence-corrected chi connectivity index (χ4v) is 3.48. The molecule has 0 radical (unpaired) electrons. The first kappa shape index (κ1) is 20.0. The second-order valence-electron chi connectivity index (χ2n) is 7.19. The molecule has 0 amide bonds. The van der Waals surface area contributed by atoms with E-state index in [0.29, 0.717) is 18.8 Å². The van der Waals surface area contributed by atoms with E-state index >= 15 is 0 Å². The van der Waals surface area contributed by atoms with Gasteiger partial charge in [0, 0.05) is 30.2 Å². The van der Waals surface area contributed by atoms with Crippen molar-refractivity contribution in [3.05, 3.63) is 66.6 Å². The number of aromatic nitrogens is 2. The lowest BCUT2D eigenvalue weighted by molar-refractivity contribution is 0.0745. The highest BCUT2D eigenvalue weighted by Crippen LogP contribution is 2.30. The zero-order chi connectivity index (χ0) is 20.9. The minimum absolute atomic E-state index is 0.206. The molecular weight excluding hydrogens is 382 g/mol. The molecule has 7 heteroatoms. The maximum atomic E-state index is 10.4. The van der Waals surface area contributed by atoms with Gasteiger partial charge in [0.15, 0.2) is 0 Å². The normalized spacial score (nSPS) is 12.4. The Labute approximate surface area is 174 Å². The molecule has 0 bridgehead atoms. The third-order valence-corrected chi connectivity index (χ3v) is 4.90. The summed E-state index contributed by atoms with van der Waals surface area (Å²) in [6.45, 7) is 1.29. The smallest absolute Gasteiger partial charge is 0.150 e. The zero-order valence-electron chi connectivity index (χ0n) is 17.0. The molecule has 0 fully saturated rings. The Morgan fingerprint density at radius 1 is 1.13 bits per heavy atom. The van der Waals surface area contributed by atoms with Crippen molar-refractivity contribution in [1.29, 1.82) is 0 Å². The van der Waals surface area contributed by atoms with Crippen LogP contribution in [0.5, 0.6) is 11.5 Å². The molecule has 1 aromatic carbocycles. The number of aromatic amines is 1. The van der Waals surface area contributed by atoms with Gasteiger partial charge < -0.3 is 24.0 Å². The number of ether oxygens (including phenoxy) is 2. The number of fused-ring (bicyclic) bond motifs is 1. The van der Waals surface area contributed by atoms with Gasteiger partial charge in [0.05, 0.1) is 19.1 Å². The molecule has 0 aliphatic carbocycles. The average molecular weight is 407 g/mol. The minimum Gasteiger partial charge on any atom is -0.497 e. The third kappa shape index (κ3) is 4.48. The number of nitrogens with one attached hydrogen (secondary N) is 1. The molecule has 0 saturated heterocycles. The molecule has 0 spiro atoms. The zero-order valence-corrected chi connectivity index (χ0v) is 17.0. The first-order valence-electron chi connectivity index (χ1n) is 9.77. The maximum Gasteiger partial charge on any atom is 0.150 e. The number of nitrogens with zero attached hydrogens (tertiary/aromatic N) is 2. The van der Waals surface area contributed by atoms with E-state index < -0.39 is 6.10 Å². The summed E-state index contributed by atoms with van der Waals surface area (Å²) in [5.74, 6) is 2.23. The van der Waals surface area contributed by atoms with Crippen LogP contribution >= 0.6 is 0 Å². The predicted molar refractivity (Wildman–Crippen MR) is 115 cm³/mol. The van der Waals surface area contributed by atoms with Crippen LogP contribution in [0.25, 0.3) is 22.5 Å². The third-order valence-electron chi connectivity index (χ3n) is 4.90. The monoisotopic (exact) mass is 407 g/mol. The summed E-state index contributed by atoms with van der Waals surface area (Å²) < 4.78 is 16.4. The Hall–Kier alpha value is -3.29. The summed E-state index contributed by atoms with van der Waals surface area (Å²) in [6.07, 6.45) is 2.79. The SMILES string of the molecule is COc1ccc(OC[C@H](O)CN(C)Cc2c(-c3ccco3)[nH]c3ncccc23)cc1. The number of aliphatic hydroxyl groups excluding tert-OH is 1. The molecule has 4 rings (SSSR count). The number of rotatable bonds is 9. The lowest BCUT2D eigenvalue weighted by Crippen LogP contribution is -2.32. The van der Waals surface area contributed by atoms with Gasteiger partial charge in [0.25, 0.3) is 0 Å². The summed E-state index contributed by atoms with van der Waals surface area (Å²) in [6, 6.07) is 15.0. The van der Waals surface area contributed by atoms with Crippen molar-refractivity contribution in [3.8, 4) is 23.0 Å². The van der Waals surface area contributed by atoms with E-state index in [0.717, 1.165) is 33.8 Å². The Kier molecular flexibility index (Phi) is 6.02. The van der Waals surface area contributed by atoms with Gasteiger partial charge in [-0.2, -0.15) is 0 Å². The Morgan fingerprint density at radius 2 is 1.93 bits per heavy atom. The molecule has 0 saturated carbocycles. The van der Waals surface area contributed by atoms with E-state index in [1.807, 2.05) is 55.6 Å². The summed E-state index contributed by atoms with van der Waals surface area (Å²) in [4.78, 5) is 9.83. The van der Waals surface area contributed by atoms with Crippen LogP contribution in [0.15, 0.2) is 65.4 Å². The van der Waals surface area contributed by atoms with Crippen LogP contribution in [-0.4, -0.2) is 53.4 Å². The first-order valence-corrected chi connectivity index (χ1v) is 9.77. The van der Waals surface area contributed by atoms with Crippen LogP contribution in [0.3, 0.4) is 0 Å². The maximum absolute atomic E-state index is 10.4. The van der Waals surface area contributed by atoms with Gasteiger partial charge in [-0.3, -0.25) is 4.90 Å². The number of hydrogen-bond acceptors (Lipinski definition) is 6. The number of aliphatic hydroxyl groups is 1. The van der Waals surface area contributed by atoms with Crippen molar-refractivity contribution in [1.82, 2.24) is 14.9 Å². The number of benzene rings is 1. The first-order chi connectivity index (χ1) is 14.6. The summed E-state index contributed by atoms with van der Waals surface area (Å²) >= 11 is 0. The highest BCUT2D eigenvalue weighted by Gasteiger charge is 2.18. The minimum atomic E-state index is -0.632. The van der Waals surface area contributed by atoms with E-state index in [-0.39, 0.29) is 6.61 Å². The second kappa shape index (κ2) is 9.02. The van der Waals surface area contributed by atoms with Crippen LogP contribution in [0, 0.1) is 0 Å². The number of H-pyrrole nitrogens is 1. The molecule has 0 unspecified atom stereocenters. The van der Waals surface area contributed by atoms with Crippen LogP contribution in [0.1, 0.15) is 5.56 Å². The van der Waals surface area contributed by atoms with Gasteiger partial charge in [-0.15, -0.1) is 0 Å². The van der Waals surface area contributed by atoms with Crippen molar-refractivity contribution in [2.24, 2.45) is 0 Å². The summed E-state index contributed by atoms with van der Waals surface area (Å²) in [7, 11) is 3.59.